The van der Waals surface area contributed by atoms with E-state index in [0.29, 0.717) is 24.3 Å². The van der Waals surface area contributed by atoms with E-state index in [9.17, 15) is 22.8 Å². The summed E-state index contributed by atoms with van der Waals surface area (Å²) < 4.78 is 46.2. The van der Waals surface area contributed by atoms with E-state index in [1.807, 2.05) is 6.92 Å². The summed E-state index contributed by atoms with van der Waals surface area (Å²) in [4.78, 5) is 31.1. The molecule has 0 aliphatic carbocycles. The summed E-state index contributed by atoms with van der Waals surface area (Å²) in [5.41, 5.74) is -0.0782. The molecule has 0 spiro atoms. The molecule has 2 aliphatic heterocycles. The Labute approximate surface area is 176 Å². The van der Waals surface area contributed by atoms with E-state index >= 15 is 0 Å². The van der Waals surface area contributed by atoms with Gasteiger partial charge in [-0.05, 0) is 31.9 Å². The predicted molar refractivity (Wildman–Crippen MR) is 103 cm³/mol. The number of ether oxygens (including phenoxy) is 1. The van der Waals surface area contributed by atoms with Crippen LogP contribution < -0.4 is 10.2 Å². The molecule has 2 atom stereocenters. The van der Waals surface area contributed by atoms with Gasteiger partial charge in [-0.25, -0.2) is 4.68 Å². The molecule has 2 amide bonds. The van der Waals surface area contributed by atoms with Crippen molar-refractivity contribution in [2.75, 3.05) is 11.9 Å². The standard InChI is InChI=1S/C20H22F3N5O3/c1-11-6-16-27(3)18(30)14(4-5-28(16)26-11)25-17(29)15-7-13-12(8-24-15)9-31-19(13,2)10-20(21,22)23/h6-8,14H,4-5,9-10H2,1-3H3,(H,25,29)/t14-,19?/m0/s1. The van der Waals surface area contributed by atoms with Crippen LogP contribution in [-0.2, 0) is 28.3 Å². The van der Waals surface area contributed by atoms with E-state index in [1.54, 1.807) is 17.8 Å². The van der Waals surface area contributed by atoms with Gasteiger partial charge in [0.2, 0.25) is 0 Å². The Bertz CT molecular complexity index is 1050. The van der Waals surface area contributed by atoms with Crippen LogP contribution in [0.5, 0.6) is 0 Å². The largest absolute Gasteiger partial charge is 0.392 e. The highest BCUT2D eigenvalue weighted by Crippen LogP contribution is 2.43. The number of aryl methyl sites for hydroxylation is 2. The highest BCUT2D eigenvalue weighted by Gasteiger charge is 2.45. The number of nitrogens with zero attached hydrogens (tertiary/aromatic N) is 4. The average Bonchev–Trinajstić information content (AvgIpc) is 3.19. The Balaban J connectivity index is 1.54. The number of hydrogen-bond donors (Lipinski definition) is 1. The summed E-state index contributed by atoms with van der Waals surface area (Å²) in [5, 5.41) is 7.01. The maximum Gasteiger partial charge on any atom is 0.392 e. The van der Waals surface area contributed by atoms with Crippen molar-refractivity contribution in [3.63, 3.8) is 0 Å². The molecule has 2 aromatic rings. The fraction of sp³-hybridized carbons (Fsp3) is 0.500. The van der Waals surface area contributed by atoms with Gasteiger partial charge in [0.25, 0.3) is 11.8 Å². The topological polar surface area (TPSA) is 89.4 Å². The lowest BCUT2D eigenvalue weighted by molar-refractivity contribution is -0.184. The minimum atomic E-state index is -4.43. The molecule has 31 heavy (non-hydrogen) atoms. The van der Waals surface area contributed by atoms with Gasteiger partial charge in [-0.1, -0.05) is 0 Å². The van der Waals surface area contributed by atoms with Crippen LogP contribution in [0.2, 0.25) is 0 Å². The van der Waals surface area contributed by atoms with Gasteiger partial charge >= 0.3 is 6.18 Å². The van der Waals surface area contributed by atoms with Crippen molar-refractivity contribution in [3.8, 4) is 0 Å². The third kappa shape index (κ3) is 4.01. The fourth-order valence-corrected chi connectivity index (χ4v) is 4.11. The number of likely N-dealkylation sites (N-methyl/N-ethyl adjacent to an activating group) is 1. The van der Waals surface area contributed by atoms with E-state index in [2.05, 4.69) is 15.4 Å². The zero-order valence-corrected chi connectivity index (χ0v) is 17.3. The van der Waals surface area contributed by atoms with Gasteiger partial charge in [-0.2, -0.15) is 18.3 Å². The summed E-state index contributed by atoms with van der Waals surface area (Å²) in [6.45, 7) is 3.60. The third-order valence-corrected chi connectivity index (χ3v) is 5.66. The number of alkyl halides is 3. The van der Waals surface area contributed by atoms with Crippen LogP contribution in [0.25, 0.3) is 0 Å². The van der Waals surface area contributed by atoms with Crippen LogP contribution in [0, 0.1) is 6.92 Å². The smallest absolute Gasteiger partial charge is 0.365 e. The number of pyridine rings is 1. The Hall–Kier alpha value is -2.95. The van der Waals surface area contributed by atoms with Crippen LogP contribution in [0.4, 0.5) is 19.0 Å². The van der Waals surface area contributed by atoms with Crippen LogP contribution in [0.1, 0.15) is 47.1 Å². The zero-order valence-electron chi connectivity index (χ0n) is 17.3. The van der Waals surface area contributed by atoms with E-state index < -0.39 is 30.1 Å². The quantitative estimate of drug-likeness (QED) is 0.797. The first-order valence-electron chi connectivity index (χ1n) is 9.80. The first kappa shape index (κ1) is 21.3. The van der Waals surface area contributed by atoms with Crippen molar-refractivity contribution in [1.29, 1.82) is 0 Å². The van der Waals surface area contributed by atoms with E-state index in [-0.39, 0.29) is 23.8 Å². The van der Waals surface area contributed by atoms with Crippen molar-refractivity contribution < 1.29 is 27.5 Å². The Morgan fingerprint density at radius 2 is 2.13 bits per heavy atom. The number of hydrogen-bond acceptors (Lipinski definition) is 5. The summed E-state index contributed by atoms with van der Waals surface area (Å²) in [7, 11) is 1.60. The second-order valence-corrected chi connectivity index (χ2v) is 8.12. The molecule has 0 fully saturated rings. The molecule has 11 heteroatoms. The van der Waals surface area contributed by atoms with Crippen LogP contribution in [0.3, 0.4) is 0 Å². The molecule has 4 heterocycles. The maximum absolute atomic E-state index is 13.0. The number of halogens is 3. The first-order chi connectivity index (χ1) is 14.5. The van der Waals surface area contributed by atoms with E-state index in [4.69, 9.17) is 4.74 Å². The maximum atomic E-state index is 13.0. The number of amides is 2. The summed E-state index contributed by atoms with van der Waals surface area (Å²) in [6.07, 6.45) is -3.93. The molecule has 0 saturated carbocycles. The molecule has 0 saturated heterocycles. The van der Waals surface area contributed by atoms with Gasteiger partial charge in [0.05, 0.1) is 24.3 Å². The molecule has 0 aromatic carbocycles. The summed E-state index contributed by atoms with van der Waals surface area (Å²) >= 11 is 0. The zero-order chi connectivity index (χ0) is 22.6. The van der Waals surface area contributed by atoms with Gasteiger partial charge in [-0.3, -0.25) is 19.5 Å². The summed E-state index contributed by atoms with van der Waals surface area (Å²) in [6, 6.07) is 2.29. The van der Waals surface area contributed by atoms with Crippen molar-refractivity contribution in [2.24, 2.45) is 0 Å². The minimum absolute atomic E-state index is 0.00635. The number of anilines is 1. The van der Waals surface area contributed by atoms with Gasteiger partial charge in [-0.15, -0.1) is 0 Å². The summed E-state index contributed by atoms with van der Waals surface area (Å²) in [5.74, 6) is -0.306. The van der Waals surface area contributed by atoms with Gasteiger partial charge in [0, 0.05) is 31.4 Å². The number of nitrogens with one attached hydrogen (secondary N) is 1. The predicted octanol–water partition coefficient (Wildman–Crippen LogP) is 2.45. The molecule has 166 valence electrons. The molecule has 2 aromatic heterocycles. The van der Waals surface area contributed by atoms with E-state index in [0.717, 1.165) is 5.69 Å². The van der Waals surface area contributed by atoms with Crippen molar-refractivity contribution in [1.82, 2.24) is 20.1 Å². The lowest BCUT2D eigenvalue weighted by Gasteiger charge is -2.26. The number of aromatic nitrogens is 3. The highest BCUT2D eigenvalue weighted by molar-refractivity contribution is 6.01. The number of carbonyl (C=O) groups excluding carboxylic acids is 2. The Morgan fingerprint density at radius 1 is 1.39 bits per heavy atom. The lowest BCUT2D eigenvalue weighted by atomic mass is 9.91. The Kier molecular flexibility index (Phi) is 5.03. The molecule has 8 nitrogen and oxygen atoms in total. The minimum Gasteiger partial charge on any atom is -0.365 e. The number of carbonyl (C=O) groups is 2. The normalized spacial score (nSPS) is 23.4. The van der Waals surface area contributed by atoms with Crippen LogP contribution >= 0.6 is 0 Å². The van der Waals surface area contributed by atoms with Gasteiger partial charge < -0.3 is 10.1 Å². The van der Waals surface area contributed by atoms with Crippen molar-refractivity contribution in [3.05, 3.63) is 40.8 Å². The third-order valence-electron chi connectivity index (χ3n) is 5.66. The highest BCUT2D eigenvalue weighted by atomic mass is 19.4. The van der Waals surface area contributed by atoms with Gasteiger partial charge in [0.1, 0.15) is 17.6 Å². The van der Waals surface area contributed by atoms with Crippen molar-refractivity contribution in [2.45, 2.75) is 57.7 Å². The lowest BCUT2D eigenvalue weighted by Crippen LogP contribution is -2.47. The van der Waals surface area contributed by atoms with Gasteiger partial charge in [0.15, 0.2) is 0 Å². The van der Waals surface area contributed by atoms with Crippen molar-refractivity contribution >= 4 is 17.6 Å². The number of rotatable bonds is 3. The SMILES string of the molecule is Cc1cc2n(n1)CC[C@H](NC(=O)c1cc3c(cn1)COC3(C)CC(F)(F)F)C(=O)N2C. The molecular weight excluding hydrogens is 415 g/mol. The average molecular weight is 437 g/mol. The fourth-order valence-electron chi connectivity index (χ4n) is 4.11. The number of fused-ring (bicyclic) bond motifs is 2. The molecule has 2 aliphatic rings. The second-order valence-electron chi connectivity index (χ2n) is 8.12. The molecular formula is C20H22F3N5O3. The molecule has 4 rings (SSSR count). The van der Waals surface area contributed by atoms with Crippen LogP contribution in [-0.4, -0.2) is 45.8 Å². The molecule has 1 unspecified atom stereocenters. The monoisotopic (exact) mass is 437 g/mol. The molecule has 1 N–H and O–H groups in total. The first-order valence-corrected chi connectivity index (χ1v) is 9.80. The van der Waals surface area contributed by atoms with E-state index in [1.165, 1.54) is 24.1 Å². The Morgan fingerprint density at radius 3 is 2.84 bits per heavy atom. The second kappa shape index (κ2) is 7.33. The molecule has 0 bridgehead atoms. The van der Waals surface area contributed by atoms with Crippen LogP contribution in [0.15, 0.2) is 18.3 Å². The molecule has 0 radical (unpaired) electrons.